The van der Waals surface area contributed by atoms with E-state index in [4.69, 9.17) is 10.5 Å². The molecule has 17 heavy (non-hydrogen) atoms. The van der Waals surface area contributed by atoms with Gasteiger partial charge in [0.05, 0.1) is 24.4 Å². The molecule has 0 spiro atoms. The van der Waals surface area contributed by atoms with Crippen molar-refractivity contribution in [1.82, 2.24) is 5.32 Å². The van der Waals surface area contributed by atoms with Crippen LogP contribution in [0.5, 0.6) is 0 Å². The smallest absolute Gasteiger partial charge is 0.230 e. The number of sulfone groups is 1. The lowest BCUT2D eigenvalue weighted by Crippen LogP contribution is -2.52. The quantitative estimate of drug-likeness (QED) is 0.671. The van der Waals surface area contributed by atoms with Crippen molar-refractivity contribution in [2.45, 2.75) is 25.9 Å². The molecule has 1 heterocycles. The highest BCUT2D eigenvalue weighted by molar-refractivity contribution is 7.90. The highest BCUT2D eigenvalue weighted by Gasteiger charge is 2.44. The van der Waals surface area contributed by atoms with Gasteiger partial charge >= 0.3 is 0 Å². The zero-order valence-corrected chi connectivity index (χ0v) is 11.2. The summed E-state index contributed by atoms with van der Waals surface area (Å²) in [7, 11) is -3.10. The first-order chi connectivity index (χ1) is 7.65. The number of nitrogens with two attached hydrogens (primary N) is 1. The number of carbonyl (C=O) groups excluding carboxylic acids is 1. The van der Waals surface area contributed by atoms with E-state index in [1.165, 1.54) is 0 Å². The lowest BCUT2D eigenvalue weighted by atomic mass is 9.84. The van der Waals surface area contributed by atoms with Crippen LogP contribution in [0.1, 0.15) is 13.8 Å². The molecule has 1 rings (SSSR count). The second-order valence-electron chi connectivity index (χ2n) is 5.01. The minimum absolute atomic E-state index is 0.0785. The zero-order chi connectivity index (χ0) is 13.3. The summed E-state index contributed by atoms with van der Waals surface area (Å²) in [5.74, 6) is -0.330. The van der Waals surface area contributed by atoms with Crippen molar-refractivity contribution in [3.05, 3.63) is 0 Å². The second kappa shape index (κ2) is 4.91. The molecule has 0 aromatic carbocycles. The van der Waals surface area contributed by atoms with Crippen LogP contribution in [0.2, 0.25) is 0 Å². The van der Waals surface area contributed by atoms with Crippen molar-refractivity contribution in [3.8, 4) is 0 Å². The van der Waals surface area contributed by atoms with Gasteiger partial charge in [0.1, 0.15) is 9.84 Å². The average molecular weight is 264 g/mol. The molecule has 0 aromatic heterocycles. The molecule has 3 N–H and O–H groups in total. The molecule has 0 aromatic rings. The molecular formula is C10H20N2O4S. The van der Waals surface area contributed by atoms with Crippen molar-refractivity contribution >= 4 is 15.7 Å². The normalized spacial score (nSPS) is 31.2. The van der Waals surface area contributed by atoms with Gasteiger partial charge in [-0.1, -0.05) is 0 Å². The third-order valence-electron chi connectivity index (χ3n) is 2.97. The van der Waals surface area contributed by atoms with E-state index in [-0.39, 0.29) is 24.3 Å². The van der Waals surface area contributed by atoms with Crippen molar-refractivity contribution in [2.24, 2.45) is 11.1 Å². The summed E-state index contributed by atoms with van der Waals surface area (Å²) in [6.07, 6.45) is 1.14. The van der Waals surface area contributed by atoms with Gasteiger partial charge in [0.15, 0.2) is 0 Å². The van der Waals surface area contributed by atoms with Crippen LogP contribution in [-0.4, -0.2) is 51.6 Å². The zero-order valence-electron chi connectivity index (χ0n) is 10.4. The van der Waals surface area contributed by atoms with Gasteiger partial charge in [-0.25, -0.2) is 8.42 Å². The fraction of sp³-hybridized carbons (Fsp3) is 0.900. The van der Waals surface area contributed by atoms with Crippen LogP contribution in [0.15, 0.2) is 0 Å². The highest BCUT2D eigenvalue weighted by atomic mass is 32.2. The van der Waals surface area contributed by atoms with Crippen molar-refractivity contribution in [2.75, 3.05) is 25.2 Å². The largest absolute Gasteiger partial charge is 0.379 e. The Bertz CT molecular complexity index is 395. The van der Waals surface area contributed by atoms with Crippen LogP contribution < -0.4 is 11.1 Å². The van der Waals surface area contributed by atoms with Gasteiger partial charge in [-0.15, -0.1) is 0 Å². The van der Waals surface area contributed by atoms with E-state index in [0.717, 1.165) is 6.26 Å². The summed E-state index contributed by atoms with van der Waals surface area (Å²) >= 11 is 0. The molecule has 3 atom stereocenters. The molecule has 1 amide bonds. The molecule has 1 aliphatic rings. The van der Waals surface area contributed by atoms with Crippen molar-refractivity contribution < 1.29 is 17.9 Å². The molecular weight excluding hydrogens is 244 g/mol. The predicted octanol–water partition coefficient (Wildman–Crippen LogP) is -1.10. The topological polar surface area (TPSA) is 98.5 Å². The van der Waals surface area contributed by atoms with Crippen molar-refractivity contribution in [1.29, 1.82) is 0 Å². The SMILES string of the molecule is CC(CS(C)(=O)=O)NC(=O)C1(C)COCC1N. The first-order valence-electron chi connectivity index (χ1n) is 5.47. The van der Waals surface area contributed by atoms with Crippen LogP contribution >= 0.6 is 0 Å². The van der Waals surface area contributed by atoms with Gasteiger partial charge in [0.2, 0.25) is 5.91 Å². The highest BCUT2D eigenvalue weighted by Crippen LogP contribution is 2.27. The Hall–Kier alpha value is -0.660. The third kappa shape index (κ3) is 3.65. The molecule has 0 saturated carbocycles. The Morgan fingerprint density at radius 2 is 2.24 bits per heavy atom. The fourth-order valence-electron chi connectivity index (χ4n) is 1.81. The van der Waals surface area contributed by atoms with E-state index in [2.05, 4.69) is 5.32 Å². The molecule has 1 aliphatic heterocycles. The van der Waals surface area contributed by atoms with Gasteiger partial charge in [0, 0.05) is 18.3 Å². The van der Waals surface area contributed by atoms with E-state index in [0.29, 0.717) is 6.61 Å². The van der Waals surface area contributed by atoms with Gasteiger partial charge in [-0.3, -0.25) is 4.79 Å². The van der Waals surface area contributed by atoms with E-state index >= 15 is 0 Å². The predicted molar refractivity (Wildman–Crippen MR) is 64.2 cm³/mol. The molecule has 0 aliphatic carbocycles. The molecule has 3 unspecified atom stereocenters. The molecule has 100 valence electrons. The summed E-state index contributed by atoms with van der Waals surface area (Å²) in [6.45, 7) is 4.01. The van der Waals surface area contributed by atoms with Gasteiger partial charge in [-0.2, -0.15) is 0 Å². The monoisotopic (exact) mass is 264 g/mol. The minimum Gasteiger partial charge on any atom is -0.379 e. The van der Waals surface area contributed by atoms with Gasteiger partial charge in [-0.05, 0) is 13.8 Å². The first kappa shape index (κ1) is 14.4. The molecule has 0 bridgehead atoms. The molecule has 1 saturated heterocycles. The molecule has 7 heteroatoms. The number of hydrogen-bond donors (Lipinski definition) is 2. The molecule has 0 radical (unpaired) electrons. The fourth-order valence-corrected chi connectivity index (χ4v) is 2.80. The summed E-state index contributed by atoms with van der Waals surface area (Å²) in [4.78, 5) is 12.0. The number of ether oxygens (including phenoxy) is 1. The maximum atomic E-state index is 12.0. The number of carbonyl (C=O) groups is 1. The average Bonchev–Trinajstić information content (AvgIpc) is 2.44. The Balaban J connectivity index is 2.60. The maximum absolute atomic E-state index is 12.0. The summed E-state index contributed by atoms with van der Waals surface area (Å²) in [6, 6.07) is -0.782. The van der Waals surface area contributed by atoms with Gasteiger partial charge in [0.25, 0.3) is 0 Å². The van der Waals surface area contributed by atoms with Crippen LogP contribution in [0.25, 0.3) is 0 Å². The summed E-state index contributed by atoms with van der Waals surface area (Å²) in [5, 5.41) is 2.67. The standard InChI is InChI=1S/C10H20N2O4S/c1-7(5-17(3,14)15)12-9(13)10(2)6-16-4-8(10)11/h7-8H,4-6,11H2,1-3H3,(H,12,13). The van der Waals surface area contributed by atoms with Crippen LogP contribution in [0.3, 0.4) is 0 Å². The third-order valence-corrected chi connectivity index (χ3v) is 4.07. The number of amides is 1. The number of hydrogen-bond acceptors (Lipinski definition) is 5. The van der Waals surface area contributed by atoms with Crippen LogP contribution in [0.4, 0.5) is 0 Å². The first-order valence-corrected chi connectivity index (χ1v) is 7.53. The van der Waals surface area contributed by atoms with Gasteiger partial charge < -0.3 is 15.8 Å². The van der Waals surface area contributed by atoms with E-state index < -0.39 is 21.3 Å². The van der Waals surface area contributed by atoms with E-state index in [1.807, 2.05) is 0 Å². The lowest BCUT2D eigenvalue weighted by molar-refractivity contribution is -0.131. The summed E-state index contributed by atoms with van der Waals surface area (Å²) in [5.41, 5.74) is 5.04. The van der Waals surface area contributed by atoms with E-state index in [1.54, 1.807) is 13.8 Å². The molecule has 1 fully saturated rings. The lowest BCUT2D eigenvalue weighted by Gasteiger charge is -2.27. The second-order valence-corrected chi connectivity index (χ2v) is 7.19. The molecule has 6 nitrogen and oxygen atoms in total. The van der Waals surface area contributed by atoms with Crippen LogP contribution in [0, 0.1) is 5.41 Å². The summed E-state index contributed by atoms with van der Waals surface area (Å²) < 4.78 is 27.3. The van der Waals surface area contributed by atoms with E-state index in [9.17, 15) is 13.2 Å². The number of nitrogens with one attached hydrogen (secondary N) is 1. The Morgan fingerprint density at radius 3 is 2.65 bits per heavy atom. The minimum atomic E-state index is -3.10. The van der Waals surface area contributed by atoms with Crippen LogP contribution in [-0.2, 0) is 19.4 Å². The van der Waals surface area contributed by atoms with Crippen molar-refractivity contribution in [3.63, 3.8) is 0 Å². The Kier molecular flexibility index (Phi) is 4.16. The number of rotatable bonds is 4. The Labute approximate surface area is 102 Å². The Morgan fingerprint density at radius 1 is 1.65 bits per heavy atom. The maximum Gasteiger partial charge on any atom is 0.230 e.